The van der Waals surface area contributed by atoms with Gasteiger partial charge in [0.2, 0.25) is 0 Å². The van der Waals surface area contributed by atoms with Gasteiger partial charge in [-0.3, -0.25) is 0 Å². The molecule has 3 aromatic heterocycles. The van der Waals surface area contributed by atoms with E-state index in [1.165, 1.54) is 11.0 Å². The molecule has 0 atom stereocenters. The number of aryl methyl sites for hydroxylation is 2. The standard InChI is InChI=1S/C22H21N7O/c1-15-4-6-16(7-5-15)19-18(12-17(13-23)29-10-2-8-27-29)28(9-3-11-30)22-20(19)21(24)25-14-26-22/h2,4-8,10,12,14,30H,3,9,11H2,1H3,(H2,24,25,26)/b17-12+. The number of allylic oxidation sites excluding steroid dienone is 1. The second-order valence-electron chi connectivity index (χ2n) is 6.90. The maximum absolute atomic E-state index is 9.77. The highest BCUT2D eigenvalue weighted by molar-refractivity contribution is 6.05. The van der Waals surface area contributed by atoms with E-state index in [0.29, 0.717) is 30.1 Å². The Morgan fingerprint density at radius 3 is 2.73 bits per heavy atom. The van der Waals surface area contributed by atoms with Crippen LogP contribution in [0.5, 0.6) is 0 Å². The lowest BCUT2D eigenvalue weighted by atomic mass is 10.0. The van der Waals surface area contributed by atoms with Crippen molar-refractivity contribution in [1.82, 2.24) is 24.3 Å². The van der Waals surface area contributed by atoms with Crippen LogP contribution in [0, 0.1) is 18.3 Å². The third-order valence-electron chi connectivity index (χ3n) is 4.93. The highest BCUT2D eigenvalue weighted by Crippen LogP contribution is 2.38. The average molecular weight is 399 g/mol. The van der Waals surface area contributed by atoms with Gasteiger partial charge in [-0.05, 0) is 31.1 Å². The van der Waals surface area contributed by atoms with Crippen LogP contribution in [0.3, 0.4) is 0 Å². The van der Waals surface area contributed by atoms with Gasteiger partial charge in [0, 0.05) is 31.1 Å². The van der Waals surface area contributed by atoms with Crippen LogP contribution in [0.25, 0.3) is 33.9 Å². The fourth-order valence-electron chi connectivity index (χ4n) is 3.52. The van der Waals surface area contributed by atoms with Crippen molar-refractivity contribution in [2.24, 2.45) is 0 Å². The molecule has 1 aromatic carbocycles. The Morgan fingerprint density at radius 1 is 1.27 bits per heavy atom. The van der Waals surface area contributed by atoms with E-state index in [0.717, 1.165) is 27.8 Å². The maximum Gasteiger partial charge on any atom is 0.146 e. The molecule has 0 amide bonds. The van der Waals surface area contributed by atoms with E-state index in [1.54, 1.807) is 24.5 Å². The largest absolute Gasteiger partial charge is 0.396 e. The van der Waals surface area contributed by atoms with Crippen LogP contribution in [0.15, 0.2) is 49.1 Å². The van der Waals surface area contributed by atoms with Crippen LogP contribution in [0.4, 0.5) is 5.82 Å². The Morgan fingerprint density at radius 2 is 2.07 bits per heavy atom. The number of hydrogen-bond acceptors (Lipinski definition) is 6. The minimum atomic E-state index is 0.0352. The minimum Gasteiger partial charge on any atom is -0.396 e. The summed E-state index contributed by atoms with van der Waals surface area (Å²) >= 11 is 0. The zero-order valence-corrected chi connectivity index (χ0v) is 16.5. The Labute approximate surface area is 173 Å². The first-order chi connectivity index (χ1) is 14.6. The van der Waals surface area contributed by atoms with Gasteiger partial charge in [-0.1, -0.05) is 29.8 Å². The van der Waals surface area contributed by atoms with Gasteiger partial charge in [0.1, 0.15) is 29.6 Å². The highest BCUT2D eigenvalue weighted by Gasteiger charge is 2.21. The van der Waals surface area contributed by atoms with E-state index in [4.69, 9.17) is 5.73 Å². The maximum atomic E-state index is 9.77. The number of aliphatic hydroxyl groups excluding tert-OH is 1. The molecular formula is C22H21N7O. The van der Waals surface area contributed by atoms with Crippen LogP contribution in [0.1, 0.15) is 17.7 Å². The summed E-state index contributed by atoms with van der Waals surface area (Å²) in [5, 5.41) is 24.1. The lowest BCUT2D eigenvalue weighted by Crippen LogP contribution is -2.05. The Bertz CT molecular complexity index is 1250. The van der Waals surface area contributed by atoms with Gasteiger partial charge in [0.15, 0.2) is 0 Å². The van der Waals surface area contributed by atoms with Gasteiger partial charge in [-0.2, -0.15) is 10.4 Å². The predicted molar refractivity (Wildman–Crippen MR) is 116 cm³/mol. The first-order valence-electron chi connectivity index (χ1n) is 9.56. The molecule has 0 radical (unpaired) electrons. The van der Waals surface area contributed by atoms with Crippen LogP contribution >= 0.6 is 0 Å². The summed E-state index contributed by atoms with van der Waals surface area (Å²) in [5.74, 6) is 0.366. The van der Waals surface area contributed by atoms with Crippen LogP contribution < -0.4 is 5.73 Å². The third-order valence-corrected chi connectivity index (χ3v) is 4.93. The number of benzene rings is 1. The number of nitrogens with zero attached hydrogens (tertiary/aromatic N) is 6. The number of nitrogens with two attached hydrogens (primary N) is 1. The lowest BCUT2D eigenvalue weighted by Gasteiger charge is -2.09. The van der Waals surface area contributed by atoms with Crippen LogP contribution in [0.2, 0.25) is 0 Å². The molecule has 0 unspecified atom stereocenters. The Kier molecular flexibility index (Phi) is 5.28. The molecule has 0 spiro atoms. The molecule has 0 aliphatic carbocycles. The zero-order valence-electron chi connectivity index (χ0n) is 16.5. The van der Waals surface area contributed by atoms with Crippen molar-refractivity contribution < 1.29 is 5.11 Å². The summed E-state index contributed by atoms with van der Waals surface area (Å²) in [6.07, 6.45) is 7.08. The summed E-state index contributed by atoms with van der Waals surface area (Å²) in [6, 6.07) is 12.1. The monoisotopic (exact) mass is 399 g/mol. The second-order valence-corrected chi connectivity index (χ2v) is 6.90. The first kappa shape index (κ1) is 19.4. The Balaban J connectivity index is 2.08. The number of rotatable bonds is 6. The molecule has 8 heteroatoms. The van der Waals surface area contributed by atoms with E-state index in [1.807, 2.05) is 35.8 Å². The molecule has 4 rings (SSSR count). The number of nitrogen functional groups attached to an aromatic ring is 1. The third kappa shape index (κ3) is 3.43. The summed E-state index contributed by atoms with van der Waals surface area (Å²) in [5.41, 5.74) is 11.0. The normalized spacial score (nSPS) is 11.7. The highest BCUT2D eigenvalue weighted by atomic mass is 16.3. The van der Waals surface area contributed by atoms with Crippen molar-refractivity contribution in [3.63, 3.8) is 0 Å². The topological polar surface area (TPSA) is 119 Å². The number of aliphatic hydroxyl groups is 1. The molecule has 4 aromatic rings. The van der Waals surface area contributed by atoms with Gasteiger partial charge in [0.25, 0.3) is 0 Å². The molecule has 0 aliphatic heterocycles. The molecule has 30 heavy (non-hydrogen) atoms. The van der Waals surface area contributed by atoms with Crippen LogP contribution in [-0.4, -0.2) is 36.0 Å². The fourth-order valence-corrected chi connectivity index (χ4v) is 3.52. The SMILES string of the molecule is Cc1ccc(-c2c(/C=C(\C#N)n3cccn3)n(CCCO)c3ncnc(N)c23)cc1. The van der Waals surface area contributed by atoms with Gasteiger partial charge < -0.3 is 15.4 Å². The predicted octanol–water partition coefficient (Wildman–Crippen LogP) is 3.09. The van der Waals surface area contributed by atoms with Crippen molar-refractivity contribution >= 4 is 28.6 Å². The zero-order chi connectivity index (χ0) is 21.1. The number of nitriles is 1. The molecule has 0 bridgehead atoms. The molecule has 0 saturated carbocycles. The smallest absolute Gasteiger partial charge is 0.146 e. The number of anilines is 1. The molecule has 3 heterocycles. The molecule has 0 saturated heterocycles. The number of aromatic nitrogens is 5. The van der Waals surface area contributed by atoms with Gasteiger partial charge in [0.05, 0.1) is 11.1 Å². The average Bonchev–Trinajstić information content (AvgIpc) is 3.38. The quantitative estimate of drug-likeness (QED) is 0.481. The van der Waals surface area contributed by atoms with E-state index in [-0.39, 0.29) is 6.61 Å². The summed E-state index contributed by atoms with van der Waals surface area (Å²) in [4.78, 5) is 8.67. The van der Waals surface area contributed by atoms with Crippen molar-refractivity contribution in [1.29, 1.82) is 5.26 Å². The van der Waals surface area contributed by atoms with E-state index >= 15 is 0 Å². The van der Waals surface area contributed by atoms with E-state index in [9.17, 15) is 10.4 Å². The Hall–Kier alpha value is -3.96. The summed E-state index contributed by atoms with van der Waals surface area (Å²) in [7, 11) is 0. The molecule has 3 N–H and O–H groups in total. The van der Waals surface area contributed by atoms with E-state index in [2.05, 4.69) is 21.1 Å². The number of hydrogen-bond donors (Lipinski definition) is 2. The van der Waals surface area contributed by atoms with E-state index < -0.39 is 0 Å². The fraction of sp³-hybridized carbons (Fsp3) is 0.182. The van der Waals surface area contributed by atoms with Crippen molar-refractivity contribution in [2.75, 3.05) is 12.3 Å². The summed E-state index contributed by atoms with van der Waals surface area (Å²) in [6.45, 7) is 2.57. The molecular weight excluding hydrogens is 378 g/mol. The van der Waals surface area contributed by atoms with Gasteiger partial charge in [-0.25, -0.2) is 14.6 Å². The van der Waals surface area contributed by atoms with Crippen molar-refractivity contribution in [3.8, 4) is 17.2 Å². The number of fused-ring (bicyclic) bond motifs is 1. The van der Waals surface area contributed by atoms with Crippen molar-refractivity contribution in [3.05, 3.63) is 60.3 Å². The summed E-state index contributed by atoms with van der Waals surface area (Å²) < 4.78 is 3.49. The molecule has 0 aliphatic rings. The van der Waals surface area contributed by atoms with Crippen LogP contribution in [-0.2, 0) is 6.54 Å². The molecule has 0 fully saturated rings. The van der Waals surface area contributed by atoms with Gasteiger partial charge >= 0.3 is 0 Å². The second kappa shape index (κ2) is 8.19. The lowest BCUT2D eigenvalue weighted by molar-refractivity contribution is 0.280. The van der Waals surface area contributed by atoms with Crippen molar-refractivity contribution in [2.45, 2.75) is 19.9 Å². The molecule has 8 nitrogen and oxygen atoms in total. The minimum absolute atomic E-state index is 0.0352. The molecule has 150 valence electrons. The van der Waals surface area contributed by atoms with Gasteiger partial charge in [-0.15, -0.1) is 0 Å². The first-order valence-corrected chi connectivity index (χ1v) is 9.56.